The average molecular weight is 279 g/mol. The molecule has 0 aromatic heterocycles. The molecule has 108 valence electrons. The van der Waals surface area contributed by atoms with E-state index in [1.807, 2.05) is 0 Å². The largest absolute Gasteiger partial charge is 0.508 e. The fourth-order valence-corrected chi connectivity index (χ4v) is 2.97. The van der Waals surface area contributed by atoms with Gasteiger partial charge in [-0.05, 0) is 49.5 Å². The highest BCUT2D eigenvalue weighted by Gasteiger charge is 2.36. The van der Waals surface area contributed by atoms with E-state index in [1.165, 1.54) is 12.1 Å². The van der Waals surface area contributed by atoms with Crippen LogP contribution in [0.5, 0.6) is 0 Å². The Kier molecular flexibility index (Phi) is 3.87. The van der Waals surface area contributed by atoms with Gasteiger partial charge in [0.05, 0.1) is 0 Å². The lowest BCUT2D eigenvalue weighted by Crippen LogP contribution is -2.51. The number of halogens is 1. The topological polar surface area (TPSA) is 38.8 Å². The van der Waals surface area contributed by atoms with E-state index >= 15 is 0 Å². The van der Waals surface area contributed by atoms with Gasteiger partial charge in [-0.25, -0.2) is 9.18 Å². The fraction of sp³-hybridized carbons (Fsp3) is 0.533. The van der Waals surface area contributed by atoms with Gasteiger partial charge < -0.3 is 9.47 Å². The number of carbonyl (C=O) groups is 1. The van der Waals surface area contributed by atoms with E-state index in [0.29, 0.717) is 11.5 Å². The molecule has 0 radical (unpaired) electrons. The average Bonchev–Trinajstić information content (AvgIpc) is 2.46. The van der Waals surface area contributed by atoms with Gasteiger partial charge in [0.1, 0.15) is 18.5 Å². The van der Waals surface area contributed by atoms with Gasteiger partial charge in [0.25, 0.3) is 0 Å². The van der Waals surface area contributed by atoms with Crippen molar-refractivity contribution in [2.24, 2.45) is 5.92 Å². The lowest BCUT2D eigenvalue weighted by Gasteiger charge is -2.43. The minimum absolute atomic E-state index is 0.0394. The lowest BCUT2D eigenvalue weighted by atomic mass is 9.86. The first kappa shape index (κ1) is 13.4. The normalized spacial score (nSPS) is 28.1. The van der Waals surface area contributed by atoms with Gasteiger partial charge in [-0.2, -0.15) is 0 Å². The van der Waals surface area contributed by atoms with Crippen LogP contribution >= 0.6 is 0 Å². The molecule has 4 rings (SSSR count). The van der Waals surface area contributed by atoms with Crippen LogP contribution in [-0.2, 0) is 16.1 Å². The smallest absolute Gasteiger partial charge is 0.429 e. The van der Waals surface area contributed by atoms with Crippen LogP contribution in [0, 0.1) is 11.7 Å². The van der Waals surface area contributed by atoms with E-state index in [2.05, 4.69) is 4.90 Å². The summed E-state index contributed by atoms with van der Waals surface area (Å²) in [4.78, 5) is 14.0. The Bertz CT molecular complexity index is 486. The Hall–Kier alpha value is -1.62. The first-order chi connectivity index (χ1) is 9.70. The number of ether oxygens (including phenoxy) is 2. The van der Waals surface area contributed by atoms with E-state index in [1.54, 1.807) is 12.1 Å². The summed E-state index contributed by atoms with van der Waals surface area (Å²) in [6.07, 6.45) is 1.45. The maximum Gasteiger partial charge on any atom is 0.508 e. The van der Waals surface area contributed by atoms with E-state index in [0.717, 1.165) is 32.5 Å². The van der Waals surface area contributed by atoms with Gasteiger partial charge in [0.15, 0.2) is 0 Å². The van der Waals surface area contributed by atoms with Gasteiger partial charge in [-0.3, -0.25) is 4.90 Å². The molecule has 5 heteroatoms. The number of hydrogen-bond donors (Lipinski definition) is 0. The Labute approximate surface area is 117 Å². The molecule has 3 saturated heterocycles. The van der Waals surface area contributed by atoms with Crippen LogP contribution in [0.2, 0.25) is 0 Å². The molecule has 0 N–H and O–H groups in total. The lowest BCUT2D eigenvalue weighted by molar-refractivity contribution is -0.0599. The highest BCUT2D eigenvalue weighted by atomic mass is 19.1. The molecule has 1 aromatic rings. The van der Waals surface area contributed by atoms with E-state index < -0.39 is 6.16 Å². The summed E-state index contributed by atoms with van der Waals surface area (Å²) in [5, 5.41) is 0. The predicted octanol–water partition coefficient (Wildman–Crippen LogP) is 2.57. The predicted molar refractivity (Wildman–Crippen MR) is 70.6 cm³/mol. The van der Waals surface area contributed by atoms with Gasteiger partial charge in [-0.15, -0.1) is 0 Å². The molecule has 4 nitrogen and oxygen atoms in total. The molecule has 1 atom stereocenters. The van der Waals surface area contributed by atoms with Crippen LogP contribution in [-0.4, -0.2) is 36.8 Å². The third-order valence-electron chi connectivity index (χ3n) is 4.09. The van der Waals surface area contributed by atoms with Crippen molar-refractivity contribution in [3.63, 3.8) is 0 Å². The molecule has 2 bridgehead atoms. The Morgan fingerprint density at radius 1 is 1.35 bits per heavy atom. The Morgan fingerprint density at radius 3 is 2.80 bits per heavy atom. The molecule has 0 spiro atoms. The fourth-order valence-electron chi connectivity index (χ4n) is 2.97. The number of fused-ring (bicyclic) bond motifs is 3. The summed E-state index contributed by atoms with van der Waals surface area (Å²) in [5.74, 6) is 0.124. The quantitative estimate of drug-likeness (QED) is 0.797. The minimum atomic E-state index is -0.659. The molecule has 20 heavy (non-hydrogen) atoms. The molecule has 3 heterocycles. The summed E-state index contributed by atoms with van der Waals surface area (Å²) >= 11 is 0. The van der Waals surface area contributed by atoms with Crippen LogP contribution in [0.4, 0.5) is 9.18 Å². The number of piperidine rings is 3. The molecule has 1 aromatic carbocycles. The van der Waals surface area contributed by atoms with E-state index in [4.69, 9.17) is 9.47 Å². The number of carbonyl (C=O) groups excluding carboxylic acids is 1. The van der Waals surface area contributed by atoms with Crippen LogP contribution in [0.1, 0.15) is 18.4 Å². The Morgan fingerprint density at radius 2 is 2.15 bits per heavy atom. The van der Waals surface area contributed by atoms with Crippen molar-refractivity contribution in [3.8, 4) is 0 Å². The summed E-state index contributed by atoms with van der Waals surface area (Å²) in [7, 11) is 0. The molecule has 0 amide bonds. The third-order valence-corrected chi connectivity index (χ3v) is 4.09. The highest BCUT2D eigenvalue weighted by molar-refractivity contribution is 5.60. The zero-order valence-electron chi connectivity index (χ0n) is 11.3. The van der Waals surface area contributed by atoms with Crippen LogP contribution < -0.4 is 0 Å². The van der Waals surface area contributed by atoms with Crippen LogP contribution in [0.25, 0.3) is 0 Å². The second-order valence-corrected chi connectivity index (χ2v) is 5.46. The first-order valence-corrected chi connectivity index (χ1v) is 7.01. The van der Waals surface area contributed by atoms with E-state index in [9.17, 15) is 9.18 Å². The van der Waals surface area contributed by atoms with Crippen molar-refractivity contribution in [2.45, 2.75) is 25.6 Å². The maximum atomic E-state index is 13.0. The molecule has 0 unspecified atom stereocenters. The second-order valence-electron chi connectivity index (χ2n) is 5.46. The molecule has 3 fully saturated rings. The molecular formula is C15H18FNO3. The minimum Gasteiger partial charge on any atom is -0.429 e. The zero-order chi connectivity index (χ0) is 13.9. The molecule has 0 aliphatic carbocycles. The van der Waals surface area contributed by atoms with Crippen molar-refractivity contribution in [3.05, 3.63) is 35.6 Å². The number of hydrogen-bond acceptors (Lipinski definition) is 4. The molecular weight excluding hydrogens is 261 g/mol. The number of nitrogens with zero attached hydrogens (tertiary/aromatic N) is 1. The van der Waals surface area contributed by atoms with Crippen LogP contribution in [0.3, 0.4) is 0 Å². The SMILES string of the molecule is O=C(OCc1cccc(F)c1)O[C@H]1CN2CCC1CC2. The third kappa shape index (κ3) is 3.10. The van der Waals surface area contributed by atoms with Crippen molar-refractivity contribution < 1.29 is 18.7 Å². The highest BCUT2D eigenvalue weighted by Crippen LogP contribution is 2.29. The van der Waals surface area contributed by atoms with Gasteiger partial charge in [0.2, 0.25) is 0 Å². The van der Waals surface area contributed by atoms with Crippen molar-refractivity contribution in [2.75, 3.05) is 19.6 Å². The molecule has 3 aliphatic heterocycles. The van der Waals surface area contributed by atoms with Gasteiger partial charge in [0, 0.05) is 6.54 Å². The summed E-state index contributed by atoms with van der Waals surface area (Å²) in [6.45, 7) is 3.04. The Balaban J connectivity index is 1.48. The van der Waals surface area contributed by atoms with Crippen molar-refractivity contribution >= 4 is 6.16 Å². The maximum absolute atomic E-state index is 13.0. The van der Waals surface area contributed by atoms with Crippen LogP contribution in [0.15, 0.2) is 24.3 Å². The first-order valence-electron chi connectivity index (χ1n) is 7.01. The zero-order valence-corrected chi connectivity index (χ0v) is 11.3. The standard InChI is InChI=1S/C15H18FNO3/c16-13-3-1-2-11(8-13)10-19-15(18)20-14-9-17-6-4-12(14)5-7-17/h1-3,8,12,14H,4-7,9-10H2/t14-/m0/s1. The number of benzene rings is 1. The van der Waals surface area contributed by atoms with E-state index in [-0.39, 0.29) is 18.5 Å². The second kappa shape index (κ2) is 5.79. The van der Waals surface area contributed by atoms with Gasteiger partial charge >= 0.3 is 6.16 Å². The summed E-state index contributed by atoms with van der Waals surface area (Å²) in [5.41, 5.74) is 0.621. The molecule has 3 aliphatic rings. The summed E-state index contributed by atoms with van der Waals surface area (Å²) in [6, 6.07) is 6.01. The van der Waals surface area contributed by atoms with Gasteiger partial charge in [-0.1, -0.05) is 12.1 Å². The monoisotopic (exact) mass is 279 g/mol. The van der Waals surface area contributed by atoms with Crippen molar-refractivity contribution in [1.82, 2.24) is 4.90 Å². The summed E-state index contributed by atoms with van der Waals surface area (Å²) < 4.78 is 23.4. The number of rotatable bonds is 3. The molecule has 0 saturated carbocycles. The van der Waals surface area contributed by atoms with Crippen molar-refractivity contribution in [1.29, 1.82) is 0 Å².